The molecule has 3 aliphatic heterocycles. The third kappa shape index (κ3) is 4.22. The number of nitrogens with one attached hydrogen (secondary N) is 1. The van der Waals surface area contributed by atoms with Gasteiger partial charge in [-0.3, -0.25) is 4.79 Å². The van der Waals surface area contributed by atoms with Crippen molar-refractivity contribution >= 4 is 5.91 Å². The Hall–Kier alpha value is -1.39. The fourth-order valence-electron chi connectivity index (χ4n) is 5.31. The zero-order chi connectivity index (χ0) is 18.9. The van der Waals surface area contributed by atoms with Crippen LogP contribution in [-0.4, -0.2) is 55.0 Å². The lowest BCUT2D eigenvalue weighted by molar-refractivity contribution is -0.137. The maximum absolute atomic E-state index is 12.9. The first-order valence-corrected chi connectivity index (χ1v) is 10.8. The number of hydrogen-bond acceptors (Lipinski definition) is 3. The molecule has 2 saturated heterocycles. The Morgan fingerprint density at radius 3 is 2.63 bits per heavy atom. The highest BCUT2D eigenvalue weighted by atomic mass is 16.2. The maximum atomic E-state index is 12.9. The lowest BCUT2D eigenvalue weighted by atomic mass is 9.73. The summed E-state index contributed by atoms with van der Waals surface area (Å²) in [5.41, 5.74) is 3.06. The molecule has 0 saturated carbocycles. The third-order valence-electron chi connectivity index (χ3n) is 6.97. The third-order valence-corrected chi connectivity index (χ3v) is 6.97. The number of piperidine rings is 1. The monoisotopic (exact) mass is 369 g/mol. The predicted octanol–water partition coefficient (Wildman–Crippen LogP) is 2.92. The second kappa shape index (κ2) is 7.92. The predicted molar refractivity (Wildman–Crippen MR) is 109 cm³/mol. The molecule has 0 aliphatic carbocycles. The van der Waals surface area contributed by atoms with E-state index in [1.165, 1.54) is 63.1 Å². The molecule has 4 rings (SSSR count). The number of carbonyl (C=O) groups is 1. The van der Waals surface area contributed by atoms with E-state index >= 15 is 0 Å². The normalized spacial score (nSPS) is 25.6. The fourth-order valence-corrected chi connectivity index (χ4v) is 5.31. The summed E-state index contributed by atoms with van der Waals surface area (Å²) in [4.78, 5) is 17.7. The molecule has 0 radical (unpaired) electrons. The van der Waals surface area contributed by atoms with Crippen molar-refractivity contribution in [2.45, 2.75) is 46.1 Å². The molecule has 0 aromatic heterocycles. The summed E-state index contributed by atoms with van der Waals surface area (Å²) < 4.78 is 0. The van der Waals surface area contributed by atoms with Gasteiger partial charge >= 0.3 is 0 Å². The Morgan fingerprint density at radius 1 is 1.22 bits per heavy atom. The van der Waals surface area contributed by atoms with Crippen LogP contribution in [0.4, 0.5) is 0 Å². The van der Waals surface area contributed by atoms with Gasteiger partial charge in [0.05, 0.1) is 0 Å². The van der Waals surface area contributed by atoms with E-state index in [4.69, 9.17) is 0 Å². The van der Waals surface area contributed by atoms with Crippen LogP contribution < -0.4 is 5.32 Å². The van der Waals surface area contributed by atoms with E-state index in [1.54, 1.807) is 0 Å². The molecule has 3 aliphatic rings. The molecule has 1 aromatic rings. The molecule has 1 aromatic carbocycles. The first kappa shape index (κ1) is 18.9. The van der Waals surface area contributed by atoms with E-state index in [9.17, 15) is 4.79 Å². The van der Waals surface area contributed by atoms with Crippen LogP contribution in [0.15, 0.2) is 24.3 Å². The van der Waals surface area contributed by atoms with E-state index in [1.807, 2.05) is 13.8 Å². The molecule has 2 fully saturated rings. The summed E-state index contributed by atoms with van der Waals surface area (Å²) >= 11 is 0. The Balaban J connectivity index is 1.50. The van der Waals surface area contributed by atoms with Crippen molar-refractivity contribution in [1.29, 1.82) is 0 Å². The first-order valence-electron chi connectivity index (χ1n) is 10.8. The van der Waals surface area contributed by atoms with Crippen molar-refractivity contribution in [2.24, 2.45) is 17.3 Å². The van der Waals surface area contributed by atoms with Gasteiger partial charge in [-0.05, 0) is 74.3 Å². The van der Waals surface area contributed by atoms with Crippen LogP contribution in [0.2, 0.25) is 0 Å². The Bertz CT molecular complexity index is 657. The van der Waals surface area contributed by atoms with Gasteiger partial charge in [-0.15, -0.1) is 0 Å². The van der Waals surface area contributed by atoms with Crippen LogP contribution in [0.1, 0.15) is 44.2 Å². The summed E-state index contributed by atoms with van der Waals surface area (Å²) in [6, 6.07) is 8.79. The van der Waals surface area contributed by atoms with Gasteiger partial charge in [0, 0.05) is 25.6 Å². The van der Waals surface area contributed by atoms with Gasteiger partial charge in [-0.2, -0.15) is 0 Å². The highest BCUT2D eigenvalue weighted by Crippen LogP contribution is 2.40. The molecule has 3 heterocycles. The van der Waals surface area contributed by atoms with Crippen LogP contribution in [0, 0.1) is 17.3 Å². The Kier molecular flexibility index (Phi) is 5.56. The number of fused-ring (bicyclic) bond motifs is 1. The van der Waals surface area contributed by atoms with E-state index < -0.39 is 0 Å². The largest absolute Gasteiger partial charge is 0.338 e. The quantitative estimate of drug-likeness (QED) is 0.890. The molecule has 4 nitrogen and oxygen atoms in total. The minimum Gasteiger partial charge on any atom is -0.338 e. The Labute approximate surface area is 164 Å². The van der Waals surface area contributed by atoms with Crippen LogP contribution in [0.5, 0.6) is 0 Å². The van der Waals surface area contributed by atoms with Gasteiger partial charge in [-0.25, -0.2) is 0 Å². The highest BCUT2D eigenvalue weighted by molar-refractivity contribution is 5.78. The average Bonchev–Trinajstić information content (AvgIpc) is 3.11. The summed E-state index contributed by atoms with van der Waals surface area (Å²) in [7, 11) is 0. The summed E-state index contributed by atoms with van der Waals surface area (Å²) in [6.07, 6.45) is 4.88. The van der Waals surface area contributed by atoms with Gasteiger partial charge in [0.1, 0.15) is 0 Å². The second-order valence-electron chi connectivity index (χ2n) is 9.45. The average molecular weight is 370 g/mol. The van der Waals surface area contributed by atoms with Crippen molar-refractivity contribution in [3.8, 4) is 0 Å². The van der Waals surface area contributed by atoms with E-state index in [-0.39, 0.29) is 11.3 Å². The second-order valence-corrected chi connectivity index (χ2v) is 9.45. The molecular formula is C23H35N3O. The number of likely N-dealkylation sites (tertiary alicyclic amines) is 1. The van der Waals surface area contributed by atoms with E-state index in [2.05, 4.69) is 39.4 Å². The number of rotatable bonds is 3. The molecule has 1 amide bonds. The van der Waals surface area contributed by atoms with E-state index in [0.29, 0.717) is 5.91 Å². The molecule has 148 valence electrons. The van der Waals surface area contributed by atoms with Gasteiger partial charge < -0.3 is 15.1 Å². The zero-order valence-electron chi connectivity index (χ0n) is 17.0. The first-order chi connectivity index (χ1) is 13.0. The number of benzene rings is 1. The van der Waals surface area contributed by atoms with Crippen LogP contribution in [-0.2, 0) is 17.8 Å². The number of hydrogen-bond donors (Lipinski definition) is 1. The summed E-state index contributed by atoms with van der Waals surface area (Å²) in [6.45, 7) is 11.8. The maximum Gasteiger partial charge on any atom is 0.225 e. The molecule has 1 spiro atoms. The summed E-state index contributed by atoms with van der Waals surface area (Å²) in [5.74, 6) is 1.21. The number of carbonyl (C=O) groups excluding carboxylic acids is 1. The number of amides is 1. The van der Waals surface area contributed by atoms with Crippen molar-refractivity contribution in [3.63, 3.8) is 0 Å². The lowest BCUT2D eigenvalue weighted by Gasteiger charge is -2.44. The minimum atomic E-state index is 0.0715. The van der Waals surface area contributed by atoms with Crippen LogP contribution >= 0.6 is 0 Å². The van der Waals surface area contributed by atoms with Gasteiger partial charge in [0.25, 0.3) is 0 Å². The van der Waals surface area contributed by atoms with Gasteiger partial charge in [0.2, 0.25) is 5.91 Å². The highest BCUT2D eigenvalue weighted by Gasteiger charge is 2.40. The van der Waals surface area contributed by atoms with Crippen molar-refractivity contribution in [1.82, 2.24) is 15.1 Å². The number of nitrogens with zero attached hydrogens (tertiary/aromatic N) is 2. The molecule has 0 bridgehead atoms. The molecule has 1 atom stereocenters. The van der Waals surface area contributed by atoms with Crippen molar-refractivity contribution in [2.75, 3.05) is 39.3 Å². The van der Waals surface area contributed by atoms with Crippen LogP contribution in [0.3, 0.4) is 0 Å². The molecule has 27 heavy (non-hydrogen) atoms. The van der Waals surface area contributed by atoms with Crippen molar-refractivity contribution < 1.29 is 4.79 Å². The SMILES string of the molecule is CC(C)C(=O)N1Cc2ccccc2CC2(CCN(CC3CCNC3)CC2)C1. The van der Waals surface area contributed by atoms with Crippen LogP contribution in [0.25, 0.3) is 0 Å². The summed E-state index contributed by atoms with van der Waals surface area (Å²) in [5, 5.41) is 3.50. The molecule has 1 unspecified atom stereocenters. The lowest BCUT2D eigenvalue weighted by Crippen LogP contribution is -2.49. The molecule has 1 N–H and O–H groups in total. The fraction of sp³-hybridized carbons (Fsp3) is 0.696. The van der Waals surface area contributed by atoms with Crippen molar-refractivity contribution in [3.05, 3.63) is 35.4 Å². The molecular weight excluding hydrogens is 334 g/mol. The Morgan fingerprint density at radius 2 is 1.96 bits per heavy atom. The zero-order valence-corrected chi connectivity index (χ0v) is 17.0. The standard InChI is InChI=1S/C23H35N3O/c1-18(2)22(27)26-16-21-6-4-3-5-20(21)13-23(17-26)8-11-25(12-9-23)15-19-7-10-24-14-19/h3-6,18-19,24H,7-17H2,1-2H3. The smallest absolute Gasteiger partial charge is 0.225 e. The topological polar surface area (TPSA) is 35.6 Å². The minimum absolute atomic E-state index is 0.0715. The van der Waals surface area contributed by atoms with Gasteiger partial charge in [-0.1, -0.05) is 38.1 Å². The van der Waals surface area contributed by atoms with Gasteiger partial charge in [0.15, 0.2) is 0 Å². The van der Waals surface area contributed by atoms with E-state index in [0.717, 1.165) is 25.4 Å². The molecule has 4 heteroatoms.